The molecule has 0 aromatic carbocycles. The van der Waals surface area contributed by atoms with E-state index in [1.165, 1.54) is 0 Å². The molecule has 106 valence electrons. The largest absolute Gasteiger partial charge is 0.392 e. The lowest BCUT2D eigenvalue weighted by atomic mass is 9.81. The van der Waals surface area contributed by atoms with Crippen molar-refractivity contribution in [2.75, 3.05) is 0 Å². The molecule has 0 aliphatic carbocycles. The molecule has 0 spiro atoms. The summed E-state index contributed by atoms with van der Waals surface area (Å²) in [4.78, 5) is 23.1. The van der Waals surface area contributed by atoms with Crippen molar-refractivity contribution in [2.45, 2.75) is 59.7 Å². The van der Waals surface area contributed by atoms with Crippen LogP contribution in [0.4, 0.5) is 0 Å². The maximum atomic E-state index is 11.5. The fraction of sp³-hybridized carbons (Fsp3) is 0.857. The van der Waals surface area contributed by atoms with E-state index >= 15 is 0 Å². The monoisotopic (exact) mass is 258 g/mol. The number of aliphatic hydroxyl groups is 2. The van der Waals surface area contributed by atoms with Gasteiger partial charge in [0, 0.05) is 30.6 Å². The summed E-state index contributed by atoms with van der Waals surface area (Å²) in [7, 11) is 0. The van der Waals surface area contributed by atoms with Gasteiger partial charge in [-0.15, -0.1) is 0 Å². The second-order valence-electron chi connectivity index (χ2n) is 5.06. The summed E-state index contributed by atoms with van der Waals surface area (Å²) in [6, 6.07) is 0. The van der Waals surface area contributed by atoms with Crippen LogP contribution in [0.3, 0.4) is 0 Å². The van der Waals surface area contributed by atoms with Crippen LogP contribution in [-0.2, 0) is 9.59 Å². The van der Waals surface area contributed by atoms with Gasteiger partial charge in [-0.2, -0.15) is 0 Å². The zero-order valence-corrected chi connectivity index (χ0v) is 12.0. The van der Waals surface area contributed by atoms with E-state index in [0.717, 1.165) is 0 Å². The molecule has 4 nitrogen and oxygen atoms in total. The molecule has 0 rings (SSSR count). The van der Waals surface area contributed by atoms with Gasteiger partial charge in [0.25, 0.3) is 0 Å². The summed E-state index contributed by atoms with van der Waals surface area (Å²) in [5, 5.41) is 20.1. The molecule has 1 unspecified atom stereocenters. The van der Waals surface area contributed by atoms with Gasteiger partial charge in [0.05, 0.1) is 12.2 Å². The Morgan fingerprint density at radius 2 is 1.11 bits per heavy atom. The van der Waals surface area contributed by atoms with Gasteiger partial charge < -0.3 is 10.2 Å². The molecule has 5 atom stereocenters. The Bertz CT molecular complexity index is 260. The van der Waals surface area contributed by atoms with E-state index in [0.29, 0.717) is 12.8 Å². The van der Waals surface area contributed by atoms with E-state index in [4.69, 9.17) is 0 Å². The quantitative estimate of drug-likeness (QED) is 0.693. The normalized spacial score (nSPS) is 19.7. The number of carbonyl (C=O) groups excluding carboxylic acids is 2. The molecule has 0 bridgehead atoms. The van der Waals surface area contributed by atoms with Crippen LogP contribution in [0.15, 0.2) is 0 Å². The number of rotatable bonds is 8. The fourth-order valence-corrected chi connectivity index (χ4v) is 2.14. The van der Waals surface area contributed by atoms with Crippen LogP contribution in [0.25, 0.3) is 0 Å². The van der Waals surface area contributed by atoms with Crippen molar-refractivity contribution in [1.29, 1.82) is 0 Å². The molecule has 0 aliphatic rings. The third kappa shape index (κ3) is 4.18. The molecular weight excluding hydrogens is 232 g/mol. The van der Waals surface area contributed by atoms with Crippen LogP contribution in [0.1, 0.15) is 47.5 Å². The smallest absolute Gasteiger partial charge is 0.138 e. The number of hydrogen-bond acceptors (Lipinski definition) is 4. The van der Waals surface area contributed by atoms with Crippen molar-refractivity contribution in [1.82, 2.24) is 0 Å². The SMILES string of the molecule is CCC(=O)[C@@H](C)[C@H](O)C(C)[C@H](O)[C@H](C)C(=O)CC. The van der Waals surface area contributed by atoms with E-state index in [2.05, 4.69) is 0 Å². The average Bonchev–Trinajstić information content (AvgIpc) is 2.40. The molecule has 18 heavy (non-hydrogen) atoms. The lowest BCUT2D eigenvalue weighted by Gasteiger charge is -2.30. The zero-order chi connectivity index (χ0) is 14.5. The predicted octanol–water partition coefficient (Wildman–Crippen LogP) is 1.57. The molecule has 0 aromatic rings. The minimum atomic E-state index is -0.917. The van der Waals surface area contributed by atoms with Gasteiger partial charge in [-0.05, 0) is 0 Å². The topological polar surface area (TPSA) is 74.6 Å². The number of hydrogen-bond donors (Lipinski definition) is 2. The molecule has 0 fully saturated rings. The minimum absolute atomic E-state index is 0.0315. The molecule has 2 N–H and O–H groups in total. The summed E-state index contributed by atoms with van der Waals surface area (Å²) in [5.74, 6) is -1.58. The highest BCUT2D eigenvalue weighted by Crippen LogP contribution is 2.23. The van der Waals surface area contributed by atoms with Crippen LogP contribution in [-0.4, -0.2) is 34.0 Å². The molecule has 0 heterocycles. The van der Waals surface area contributed by atoms with Crippen LogP contribution >= 0.6 is 0 Å². The standard InChI is InChI=1S/C14H26O4/c1-6-11(15)8(3)13(17)10(5)14(18)9(4)12(16)7-2/h8-10,13-14,17-18H,6-7H2,1-5H3/t8-,9-,10?,13-,14+/m1/s1. The van der Waals surface area contributed by atoms with E-state index in [1.807, 2.05) is 0 Å². The van der Waals surface area contributed by atoms with Crippen LogP contribution in [0.2, 0.25) is 0 Å². The third-order valence-electron chi connectivity index (χ3n) is 3.81. The number of ketones is 2. The number of Topliss-reactive ketones (excluding diaryl/α,β-unsaturated/α-hetero) is 2. The van der Waals surface area contributed by atoms with Gasteiger partial charge in [-0.1, -0.05) is 34.6 Å². The molecule has 0 aliphatic heterocycles. The van der Waals surface area contributed by atoms with Crippen LogP contribution in [0, 0.1) is 17.8 Å². The second kappa shape index (κ2) is 7.64. The van der Waals surface area contributed by atoms with E-state index in [-0.39, 0.29) is 11.6 Å². The molecule has 0 saturated carbocycles. The molecule has 0 aromatic heterocycles. The van der Waals surface area contributed by atoms with Gasteiger partial charge >= 0.3 is 0 Å². The van der Waals surface area contributed by atoms with E-state index in [1.54, 1.807) is 34.6 Å². The first-order valence-electron chi connectivity index (χ1n) is 6.69. The number of aliphatic hydroxyl groups excluding tert-OH is 2. The Morgan fingerprint density at radius 1 is 0.833 bits per heavy atom. The van der Waals surface area contributed by atoms with Gasteiger partial charge in [0.15, 0.2) is 0 Å². The Kier molecular flexibility index (Phi) is 7.33. The summed E-state index contributed by atoms with van der Waals surface area (Å²) in [5.41, 5.74) is 0. The Morgan fingerprint density at radius 3 is 1.33 bits per heavy atom. The van der Waals surface area contributed by atoms with Crippen molar-refractivity contribution in [3.05, 3.63) is 0 Å². The zero-order valence-electron chi connectivity index (χ0n) is 12.0. The Hall–Kier alpha value is -0.740. The minimum Gasteiger partial charge on any atom is -0.392 e. The predicted molar refractivity (Wildman–Crippen MR) is 70.1 cm³/mol. The highest BCUT2D eigenvalue weighted by atomic mass is 16.3. The van der Waals surface area contributed by atoms with Gasteiger partial charge in [-0.25, -0.2) is 0 Å². The van der Waals surface area contributed by atoms with Crippen molar-refractivity contribution in [3.8, 4) is 0 Å². The van der Waals surface area contributed by atoms with Gasteiger partial charge in [-0.3, -0.25) is 9.59 Å². The highest BCUT2D eigenvalue weighted by Gasteiger charge is 2.34. The molecule has 0 saturated heterocycles. The summed E-state index contributed by atoms with van der Waals surface area (Å²) in [6.07, 6.45) is -1.10. The first-order valence-corrected chi connectivity index (χ1v) is 6.69. The molecule has 0 amide bonds. The van der Waals surface area contributed by atoms with Gasteiger partial charge in [0.1, 0.15) is 11.6 Å². The van der Waals surface area contributed by atoms with E-state index < -0.39 is 30.0 Å². The molecular formula is C14H26O4. The first kappa shape index (κ1) is 17.3. The number of carbonyl (C=O) groups is 2. The maximum absolute atomic E-state index is 11.5. The Labute approximate surface area is 109 Å². The fourth-order valence-electron chi connectivity index (χ4n) is 2.14. The van der Waals surface area contributed by atoms with Crippen molar-refractivity contribution < 1.29 is 19.8 Å². The lowest BCUT2D eigenvalue weighted by Crippen LogP contribution is -2.41. The Balaban J connectivity index is 4.67. The van der Waals surface area contributed by atoms with Crippen molar-refractivity contribution in [2.24, 2.45) is 17.8 Å². The second-order valence-corrected chi connectivity index (χ2v) is 5.06. The molecule has 4 heteroatoms. The van der Waals surface area contributed by atoms with Gasteiger partial charge in [0.2, 0.25) is 0 Å². The van der Waals surface area contributed by atoms with Crippen molar-refractivity contribution in [3.63, 3.8) is 0 Å². The van der Waals surface area contributed by atoms with Crippen molar-refractivity contribution >= 4 is 11.6 Å². The summed E-state index contributed by atoms with van der Waals surface area (Å²) < 4.78 is 0. The van der Waals surface area contributed by atoms with Crippen LogP contribution < -0.4 is 0 Å². The third-order valence-corrected chi connectivity index (χ3v) is 3.81. The lowest BCUT2D eigenvalue weighted by molar-refractivity contribution is -0.131. The first-order chi connectivity index (χ1) is 8.27. The highest BCUT2D eigenvalue weighted by molar-refractivity contribution is 5.81. The maximum Gasteiger partial charge on any atom is 0.138 e. The average molecular weight is 258 g/mol. The van der Waals surface area contributed by atoms with Crippen LogP contribution in [0.5, 0.6) is 0 Å². The summed E-state index contributed by atoms with van der Waals surface area (Å²) >= 11 is 0. The summed E-state index contributed by atoms with van der Waals surface area (Å²) in [6.45, 7) is 8.48. The van der Waals surface area contributed by atoms with E-state index in [9.17, 15) is 19.8 Å². The molecule has 0 radical (unpaired) electrons.